The Morgan fingerprint density at radius 3 is 2.36 bits per heavy atom. The number of nitrogens with zero attached hydrogens (tertiary/aromatic N) is 1. The molecule has 25 heavy (non-hydrogen) atoms. The summed E-state index contributed by atoms with van der Waals surface area (Å²) >= 11 is 11.9. The fraction of sp³-hybridized carbons (Fsp3) is 0.176. The topological polar surface area (TPSA) is 106 Å². The van der Waals surface area contributed by atoms with E-state index >= 15 is 0 Å². The van der Waals surface area contributed by atoms with Crippen LogP contribution in [0.25, 0.3) is 10.9 Å². The van der Waals surface area contributed by atoms with Crippen LogP contribution in [0.5, 0.6) is 0 Å². The molecule has 130 valence electrons. The Balaban J connectivity index is 1.81. The van der Waals surface area contributed by atoms with Crippen LogP contribution in [0.4, 0.5) is 0 Å². The Kier molecular flexibility index (Phi) is 4.96. The molecular formula is C17H14Cl2N2O4. The van der Waals surface area contributed by atoms with Crippen molar-refractivity contribution in [3.63, 3.8) is 0 Å². The van der Waals surface area contributed by atoms with Crippen LogP contribution in [0.2, 0.25) is 10.0 Å². The van der Waals surface area contributed by atoms with Gasteiger partial charge in [0.05, 0.1) is 39.5 Å². The molecule has 0 bridgehead atoms. The standard InChI is InChI=1S/C17H14Cl2N2O4/c18-11-3-10(4-12(19)16(11)17(24)25)15(23)6-14(22)8-1-2-9-7-20-21-13(9)5-8/h1-5,7,14-15,22-23H,6H2,(H,20,21)(H,24,25). The Morgan fingerprint density at radius 1 is 1.08 bits per heavy atom. The molecule has 8 heteroatoms. The Hall–Kier alpha value is -2.12. The number of benzene rings is 2. The number of carboxylic acids is 1. The molecule has 0 radical (unpaired) electrons. The first-order valence-electron chi connectivity index (χ1n) is 7.38. The molecule has 4 N–H and O–H groups in total. The third kappa shape index (κ3) is 3.62. The molecule has 0 saturated heterocycles. The van der Waals surface area contributed by atoms with E-state index in [-0.39, 0.29) is 22.0 Å². The number of rotatable bonds is 5. The van der Waals surface area contributed by atoms with Crippen molar-refractivity contribution in [1.82, 2.24) is 10.2 Å². The number of nitrogens with one attached hydrogen (secondary N) is 1. The number of aliphatic hydroxyl groups excluding tert-OH is 2. The van der Waals surface area contributed by atoms with Crippen LogP contribution in [0, 0.1) is 0 Å². The summed E-state index contributed by atoms with van der Waals surface area (Å²) in [5.74, 6) is -1.25. The lowest BCUT2D eigenvalue weighted by molar-refractivity contribution is 0.0694. The van der Waals surface area contributed by atoms with Gasteiger partial charge in [-0.25, -0.2) is 4.79 Å². The number of halogens is 2. The summed E-state index contributed by atoms with van der Waals surface area (Å²) in [6.07, 6.45) is -0.322. The molecule has 2 aromatic carbocycles. The second-order valence-corrected chi connectivity index (χ2v) is 6.46. The maximum absolute atomic E-state index is 11.1. The zero-order chi connectivity index (χ0) is 18.1. The highest BCUT2D eigenvalue weighted by atomic mass is 35.5. The summed E-state index contributed by atoms with van der Waals surface area (Å²) in [6.45, 7) is 0. The van der Waals surface area contributed by atoms with Gasteiger partial charge in [-0.1, -0.05) is 35.3 Å². The Morgan fingerprint density at radius 2 is 1.72 bits per heavy atom. The van der Waals surface area contributed by atoms with Crippen LogP contribution >= 0.6 is 23.2 Å². The smallest absolute Gasteiger partial charge is 0.338 e. The van der Waals surface area contributed by atoms with Gasteiger partial charge in [-0.05, 0) is 29.3 Å². The number of carboxylic acid groups (broad SMARTS) is 1. The second kappa shape index (κ2) is 7.01. The molecule has 1 aromatic heterocycles. The Labute approximate surface area is 152 Å². The van der Waals surface area contributed by atoms with Crippen LogP contribution in [0.1, 0.15) is 40.1 Å². The van der Waals surface area contributed by atoms with Gasteiger partial charge in [0.1, 0.15) is 0 Å². The molecule has 0 aliphatic carbocycles. The van der Waals surface area contributed by atoms with Gasteiger partial charge in [0.25, 0.3) is 0 Å². The minimum Gasteiger partial charge on any atom is -0.478 e. The van der Waals surface area contributed by atoms with Gasteiger partial charge in [-0.3, -0.25) is 5.10 Å². The summed E-state index contributed by atoms with van der Waals surface area (Å²) in [7, 11) is 0. The van der Waals surface area contributed by atoms with Gasteiger partial charge in [0, 0.05) is 11.8 Å². The van der Waals surface area contributed by atoms with E-state index in [0.29, 0.717) is 11.1 Å². The van der Waals surface area contributed by atoms with Crippen LogP contribution in [-0.2, 0) is 0 Å². The number of carbonyl (C=O) groups is 1. The average molecular weight is 381 g/mol. The fourth-order valence-corrected chi connectivity index (χ4v) is 3.30. The van der Waals surface area contributed by atoms with Crippen molar-refractivity contribution in [2.45, 2.75) is 18.6 Å². The lowest BCUT2D eigenvalue weighted by Crippen LogP contribution is -2.07. The van der Waals surface area contributed by atoms with Crippen molar-refractivity contribution in [3.8, 4) is 0 Å². The van der Waals surface area contributed by atoms with E-state index in [1.54, 1.807) is 18.3 Å². The number of aromatic nitrogens is 2. The van der Waals surface area contributed by atoms with Gasteiger partial charge >= 0.3 is 5.97 Å². The summed E-state index contributed by atoms with van der Waals surface area (Å²) in [4.78, 5) is 11.1. The molecule has 0 spiro atoms. The minimum absolute atomic E-state index is 0.00127. The van der Waals surface area contributed by atoms with Crippen LogP contribution in [0.15, 0.2) is 36.5 Å². The largest absolute Gasteiger partial charge is 0.478 e. The molecule has 1 heterocycles. The van der Waals surface area contributed by atoms with Crippen molar-refractivity contribution in [1.29, 1.82) is 0 Å². The number of aromatic carboxylic acids is 1. The third-order valence-corrected chi connectivity index (χ3v) is 4.56. The highest BCUT2D eigenvalue weighted by molar-refractivity contribution is 6.39. The molecule has 2 atom stereocenters. The highest BCUT2D eigenvalue weighted by Crippen LogP contribution is 2.33. The van der Waals surface area contributed by atoms with Crippen LogP contribution < -0.4 is 0 Å². The third-order valence-electron chi connectivity index (χ3n) is 3.96. The number of hydrogen-bond acceptors (Lipinski definition) is 4. The van der Waals surface area contributed by atoms with E-state index < -0.39 is 18.2 Å². The van der Waals surface area contributed by atoms with Gasteiger partial charge in [0.15, 0.2) is 0 Å². The van der Waals surface area contributed by atoms with Crippen LogP contribution in [0.3, 0.4) is 0 Å². The first-order chi connectivity index (χ1) is 11.9. The van der Waals surface area contributed by atoms with E-state index in [4.69, 9.17) is 28.3 Å². The number of aromatic amines is 1. The number of fused-ring (bicyclic) bond motifs is 1. The van der Waals surface area contributed by atoms with Crippen molar-refractivity contribution < 1.29 is 20.1 Å². The van der Waals surface area contributed by atoms with Crippen molar-refractivity contribution in [2.75, 3.05) is 0 Å². The van der Waals surface area contributed by atoms with Gasteiger partial charge in [0.2, 0.25) is 0 Å². The molecule has 0 aliphatic heterocycles. The van der Waals surface area contributed by atoms with E-state index in [9.17, 15) is 15.0 Å². The summed E-state index contributed by atoms with van der Waals surface area (Å²) in [6, 6.07) is 8.01. The molecule has 0 saturated carbocycles. The molecule has 6 nitrogen and oxygen atoms in total. The fourth-order valence-electron chi connectivity index (χ4n) is 2.63. The molecule has 3 rings (SSSR count). The molecular weight excluding hydrogens is 367 g/mol. The van der Waals surface area contributed by atoms with E-state index in [0.717, 1.165) is 10.9 Å². The van der Waals surface area contributed by atoms with Crippen molar-refractivity contribution in [3.05, 3.63) is 63.3 Å². The monoisotopic (exact) mass is 380 g/mol. The minimum atomic E-state index is -1.25. The Bertz CT molecular complexity index is 918. The van der Waals surface area contributed by atoms with Crippen molar-refractivity contribution in [2.24, 2.45) is 0 Å². The number of hydrogen-bond donors (Lipinski definition) is 4. The maximum atomic E-state index is 11.1. The predicted molar refractivity (Wildman–Crippen MR) is 94.1 cm³/mol. The zero-order valence-electron chi connectivity index (χ0n) is 12.8. The van der Waals surface area contributed by atoms with Gasteiger partial charge < -0.3 is 15.3 Å². The lowest BCUT2D eigenvalue weighted by Gasteiger charge is -2.17. The molecule has 0 amide bonds. The molecule has 0 fully saturated rings. The van der Waals surface area contributed by atoms with E-state index in [1.165, 1.54) is 12.1 Å². The van der Waals surface area contributed by atoms with Gasteiger partial charge in [-0.15, -0.1) is 0 Å². The zero-order valence-corrected chi connectivity index (χ0v) is 14.3. The predicted octanol–water partition coefficient (Wildman–Crippen LogP) is 3.73. The number of H-pyrrole nitrogens is 1. The summed E-state index contributed by atoms with van der Waals surface area (Å²) < 4.78 is 0. The normalized spacial score (nSPS) is 13.8. The highest BCUT2D eigenvalue weighted by Gasteiger charge is 2.21. The molecule has 2 unspecified atom stereocenters. The van der Waals surface area contributed by atoms with Crippen molar-refractivity contribution >= 4 is 40.1 Å². The first kappa shape index (κ1) is 17.7. The summed E-state index contributed by atoms with van der Waals surface area (Å²) in [5.41, 5.74) is 1.52. The first-order valence-corrected chi connectivity index (χ1v) is 8.14. The quantitative estimate of drug-likeness (QED) is 0.539. The van der Waals surface area contributed by atoms with Crippen LogP contribution in [-0.4, -0.2) is 31.5 Å². The molecule has 0 aliphatic rings. The summed E-state index contributed by atoms with van der Waals surface area (Å²) in [5, 5.41) is 37.3. The lowest BCUT2D eigenvalue weighted by atomic mass is 9.97. The average Bonchev–Trinajstić information content (AvgIpc) is 3.01. The van der Waals surface area contributed by atoms with E-state index in [2.05, 4.69) is 10.2 Å². The SMILES string of the molecule is O=C(O)c1c(Cl)cc(C(O)CC(O)c2ccc3cn[nH]c3c2)cc1Cl. The number of aliphatic hydroxyl groups is 2. The van der Waals surface area contributed by atoms with E-state index in [1.807, 2.05) is 6.07 Å². The molecule has 3 aromatic rings. The van der Waals surface area contributed by atoms with Gasteiger partial charge in [-0.2, -0.15) is 5.10 Å². The maximum Gasteiger partial charge on any atom is 0.338 e. The second-order valence-electron chi connectivity index (χ2n) is 5.65.